The lowest BCUT2D eigenvalue weighted by molar-refractivity contribution is -0.130. The van der Waals surface area contributed by atoms with Crippen molar-refractivity contribution in [2.75, 3.05) is 17.3 Å². The lowest BCUT2D eigenvalue weighted by Gasteiger charge is -2.28. The van der Waals surface area contributed by atoms with Gasteiger partial charge in [0.2, 0.25) is 5.91 Å². The minimum Gasteiger partial charge on any atom is -0.335 e. The molecule has 1 aliphatic carbocycles. The van der Waals surface area contributed by atoms with E-state index in [4.69, 9.17) is 11.6 Å². The van der Waals surface area contributed by atoms with E-state index in [9.17, 15) is 13.2 Å². The van der Waals surface area contributed by atoms with Gasteiger partial charge in [-0.15, -0.1) is 11.8 Å². The van der Waals surface area contributed by atoms with Crippen LogP contribution in [0.15, 0.2) is 41.3 Å². The summed E-state index contributed by atoms with van der Waals surface area (Å²) in [6.45, 7) is 0. The molecule has 2 fully saturated rings. The molecule has 2 aromatic carbocycles. The third kappa shape index (κ3) is 3.73. The Balaban J connectivity index is 1.51. The molecule has 4 nitrogen and oxygen atoms in total. The van der Waals surface area contributed by atoms with Crippen molar-refractivity contribution in [2.24, 2.45) is 0 Å². The predicted octanol–water partition coefficient (Wildman–Crippen LogP) is 3.76. The Morgan fingerprint density at radius 1 is 1.12 bits per heavy atom. The fourth-order valence-corrected chi connectivity index (χ4v) is 6.68. The number of halogens is 1. The summed E-state index contributed by atoms with van der Waals surface area (Å²) in [5, 5.41) is 2.70. The second-order valence-corrected chi connectivity index (χ2v) is 10.6. The largest absolute Gasteiger partial charge is 0.335 e. The Morgan fingerprint density at radius 2 is 1.85 bits per heavy atom. The van der Waals surface area contributed by atoms with E-state index in [0.29, 0.717) is 17.2 Å². The van der Waals surface area contributed by atoms with Crippen molar-refractivity contribution in [3.63, 3.8) is 0 Å². The lowest BCUT2D eigenvalue weighted by atomic mass is 10.1. The number of carbonyl (C=O) groups is 1. The number of sulfone groups is 1. The summed E-state index contributed by atoms with van der Waals surface area (Å²) in [6.07, 6.45) is 2.52. The molecule has 7 heteroatoms. The molecule has 0 bridgehead atoms. The molecule has 26 heavy (non-hydrogen) atoms. The Labute approximate surface area is 162 Å². The zero-order valence-corrected chi connectivity index (χ0v) is 16.6. The van der Waals surface area contributed by atoms with Gasteiger partial charge >= 0.3 is 0 Å². The molecule has 1 saturated heterocycles. The molecule has 1 saturated carbocycles. The van der Waals surface area contributed by atoms with Crippen LogP contribution in [0.2, 0.25) is 5.02 Å². The monoisotopic (exact) mass is 409 g/mol. The van der Waals surface area contributed by atoms with Gasteiger partial charge in [0.25, 0.3) is 0 Å². The van der Waals surface area contributed by atoms with Gasteiger partial charge in [0.1, 0.15) is 0 Å². The van der Waals surface area contributed by atoms with Crippen molar-refractivity contribution in [2.45, 2.75) is 36.2 Å². The number of amides is 1. The van der Waals surface area contributed by atoms with Gasteiger partial charge < -0.3 is 4.90 Å². The quantitative estimate of drug-likeness (QED) is 0.705. The van der Waals surface area contributed by atoms with Crippen LogP contribution in [0.4, 0.5) is 0 Å². The number of hydrogen-bond donors (Lipinski definition) is 0. The minimum atomic E-state index is -3.00. The maximum atomic E-state index is 12.9. The molecule has 0 radical (unpaired) electrons. The topological polar surface area (TPSA) is 54.5 Å². The van der Waals surface area contributed by atoms with Gasteiger partial charge in [-0.1, -0.05) is 35.9 Å². The first-order valence-electron chi connectivity index (χ1n) is 8.76. The van der Waals surface area contributed by atoms with Crippen LogP contribution in [0.3, 0.4) is 0 Å². The number of nitrogens with zero attached hydrogens (tertiary/aromatic N) is 1. The van der Waals surface area contributed by atoms with Gasteiger partial charge in [-0.3, -0.25) is 4.79 Å². The first-order chi connectivity index (χ1) is 12.4. The van der Waals surface area contributed by atoms with E-state index in [1.54, 1.807) is 0 Å². The number of carbonyl (C=O) groups excluding carboxylic acids is 1. The molecule has 138 valence electrons. The number of fused-ring (bicyclic) bond motifs is 1. The van der Waals surface area contributed by atoms with Crippen LogP contribution in [-0.4, -0.2) is 48.6 Å². The van der Waals surface area contributed by atoms with Crippen LogP contribution in [0.5, 0.6) is 0 Å². The number of hydrogen-bond acceptors (Lipinski definition) is 4. The van der Waals surface area contributed by atoms with E-state index >= 15 is 0 Å². The van der Waals surface area contributed by atoms with Gasteiger partial charge in [0.05, 0.1) is 17.3 Å². The first-order valence-corrected chi connectivity index (χ1v) is 11.9. The van der Waals surface area contributed by atoms with Crippen LogP contribution >= 0.6 is 23.4 Å². The molecule has 0 N–H and O–H groups in total. The highest BCUT2D eigenvalue weighted by molar-refractivity contribution is 8.00. The van der Waals surface area contributed by atoms with Crippen molar-refractivity contribution in [1.29, 1.82) is 0 Å². The lowest BCUT2D eigenvalue weighted by Crippen LogP contribution is -2.43. The Morgan fingerprint density at radius 3 is 2.50 bits per heavy atom. The molecule has 4 rings (SSSR count). The van der Waals surface area contributed by atoms with E-state index in [2.05, 4.69) is 0 Å². The highest BCUT2D eigenvalue weighted by Crippen LogP contribution is 2.36. The molecule has 0 aromatic heterocycles. The van der Waals surface area contributed by atoms with Crippen molar-refractivity contribution in [1.82, 2.24) is 4.90 Å². The predicted molar refractivity (Wildman–Crippen MR) is 107 cm³/mol. The van der Waals surface area contributed by atoms with Gasteiger partial charge in [-0.25, -0.2) is 8.42 Å². The Bertz CT molecular complexity index is 951. The summed E-state index contributed by atoms with van der Waals surface area (Å²) in [7, 11) is -3.00. The first kappa shape index (κ1) is 18.1. The molecule has 1 atom stereocenters. The second-order valence-electron chi connectivity index (χ2n) is 6.97. The van der Waals surface area contributed by atoms with Crippen molar-refractivity contribution >= 4 is 49.9 Å². The van der Waals surface area contributed by atoms with Gasteiger partial charge in [-0.2, -0.15) is 0 Å². The molecule has 2 aromatic rings. The molecule has 1 aliphatic heterocycles. The average molecular weight is 410 g/mol. The third-order valence-corrected chi connectivity index (χ3v) is 8.10. The molecule has 1 heterocycles. The molecule has 2 aliphatic rings. The number of benzene rings is 2. The second kappa shape index (κ2) is 7.06. The summed E-state index contributed by atoms with van der Waals surface area (Å²) in [5.74, 6) is 0.640. The van der Waals surface area contributed by atoms with E-state index in [1.807, 2.05) is 41.3 Å². The highest BCUT2D eigenvalue weighted by Gasteiger charge is 2.41. The van der Waals surface area contributed by atoms with E-state index in [0.717, 1.165) is 28.5 Å². The van der Waals surface area contributed by atoms with E-state index in [1.165, 1.54) is 11.8 Å². The van der Waals surface area contributed by atoms with Crippen molar-refractivity contribution in [3.8, 4) is 0 Å². The SMILES string of the molecule is O=C(CSc1cccc2cccc(Cl)c12)N(C1CC1)C1CCS(=O)(=O)C1. The molecular weight excluding hydrogens is 390 g/mol. The van der Waals surface area contributed by atoms with Gasteiger partial charge in [0.15, 0.2) is 9.84 Å². The van der Waals surface area contributed by atoms with Crippen LogP contribution < -0.4 is 0 Å². The third-order valence-electron chi connectivity index (χ3n) is 5.00. The maximum absolute atomic E-state index is 12.9. The maximum Gasteiger partial charge on any atom is 0.233 e. The van der Waals surface area contributed by atoms with E-state index in [-0.39, 0.29) is 29.5 Å². The number of thioether (sulfide) groups is 1. The van der Waals surface area contributed by atoms with Gasteiger partial charge in [-0.05, 0) is 36.8 Å². The summed E-state index contributed by atoms with van der Waals surface area (Å²) < 4.78 is 23.6. The molecular formula is C19H20ClNO3S2. The molecule has 0 spiro atoms. The van der Waals surface area contributed by atoms with Crippen LogP contribution in [-0.2, 0) is 14.6 Å². The smallest absolute Gasteiger partial charge is 0.233 e. The summed E-state index contributed by atoms with van der Waals surface area (Å²) in [6, 6.07) is 11.8. The average Bonchev–Trinajstić information content (AvgIpc) is 3.36. The van der Waals surface area contributed by atoms with Crippen molar-refractivity contribution < 1.29 is 13.2 Å². The zero-order chi connectivity index (χ0) is 18.3. The minimum absolute atomic E-state index is 0.0312. The highest BCUT2D eigenvalue weighted by atomic mass is 35.5. The van der Waals surface area contributed by atoms with Crippen LogP contribution in [0.1, 0.15) is 19.3 Å². The molecule has 1 amide bonds. The number of rotatable bonds is 5. The molecule has 1 unspecified atom stereocenters. The summed E-state index contributed by atoms with van der Waals surface area (Å²) >= 11 is 7.84. The Kier molecular flexibility index (Phi) is 4.92. The standard InChI is InChI=1S/C19H20ClNO3S2/c20-16-5-1-3-13-4-2-6-17(19(13)16)25-11-18(22)21(14-7-8-14)15-9-10-26(23,24)12-15/h1-6,14-15H,7-12H2. The summed E-state index contributed by atoms with van der Waals surface area (Å²) in [4.78, 5) is 15.7. The fraction of sp³-hybridized carbons (Fsp3) is 0.421. The van der Waals surface area contributed by atoms with E-state index < -0.39 is 9.84 Å². The fourth-order valence-electron chi connectivity index (χ4n) is 3.65. The van der Waals surface area contributed by atoms with Crippen LogP contribution in [0, 0.1) is 0 Å². The normalized spacial score (nSPS) is 21.8. The van der Waals surface area contributed by atoms with Crippen LogP contribution in [0.25, 0.3) is 10.8 Å². The van der Waals surface area contributed by atoms with Gasteiger partial charge in [0, 0.05) is 27.4 Å². The zero-order valence-electron chi connectivity index (χ0n) is 14.2. The Hall–Kier alpha value is -1.24. The summed E-state index contributed by atoms with van der Waals surface area (Å²) in [5.41, 5.74) is 0. The van der Waals surface area contributed by atoms with Crippen molar-refractivity contribution in [3.05, 3.63) is 41.4 Å².